The van der Waals surface area contributed by atoms with E-state index in [2.05, 4.69) is 32.8 Å². The third-order valence-electron chi connectivity index (χ3n) is 1.51. The fraction of sp³-hybridized carbons (Fsp3) is 0. The lowest BCUT2D eigenvalue weighted by molar-refractivity contribution is 1.01. The van der Waals surface area contributed by atoms with Gasteiger partial charge in [0.15, 0.2) is 4.34 Å². The van der Waals surface area contributed by atoms with Gasteiger partial charge < -0.3 is 5.73 Å². The quantitative estimate of drug-likeness (QED) is 0.677. The van der Waals surface area contributed by atoms with E-state index in [1.54, 1.807) is 17.3 Å². The number of rotatable bonds is 2. The molecule has 3 nitrogen and oxygen atoms in total. The molecule has 0 saturated heterocycles. The van der Waals surface area contributed by atoms with Gasteiger partial charge in [0.1, 0.15) is 5.51 Å². The fourth-order valence-electron chi connectivity index (χ4n) is 0.914. The Morgan fingerprint density at radius 1 is 1.43 bits per heavy atom. The van der Waals surface area contributed by atoms with Crippen molar-refractivity contribution in [1.82, 2.24) is 10.2 Å². The predicted molar refractivity (Wildman–Crippen MR) is 67.6 cm³/mol. The number of anilines is 1. The largest absolute Gasteiger partial charge is 0.398 e. The molecule has 2 aromatic rings. The fourth-order valence-corrected chi connectivity index (χ4v) is 2.89. The lowest BCUT2D eigenvalue weighted by Gasteiger charge is -2.02. The Balaban J connectivity index is 2.25. The van der Waals surface area contributed by atoms with Gasteiger partial charge in [-0.2, -0.15) is 0 Å². The molecular formula is C8H6IN3S2. The summed E-state index contributed by atoms with van der Waals surface area (Å²) in [6.45, 7) is 0. The molecular weight excluding hydrogens is 329 g/mol. The van der Waals surface area contributed by atoms with Gasteiger partial charge >= 0.3 is 0 Å². The SMILES string of the molecule is Nc1cc(I)ccc1Sc1nncs1. The number of nitrogens with zero attached hydrogens (tertiary/aromatic N) is 2. The van der Waals surface area contributed by atoms with E-state index in [4.69, 9.17) is 5.73 Å². The highest BCUT2D eigenvalue weighted by Gasteiger charge is 2.04. The number of aromatic nitrogens is 2. The molecule has 0 aliphatic heterocycles. The summed E-state index contributed by atoms with van der Waals surface area (Å²) in [6.07, 6.45) is 0. The Morgan fingerprint density at radius 2 is 2.29 bits per heavy atom. The Hall–Kier alpha value is -0.340. The maximum Gasteiger partial charge on any atom is 0.178 e. The average Bonchev–Trinajstić information content (AvgIpc) is 2.62. The van der Waals surface area contributed by atoms with Gasteiger partial charge in [-0.1, -0.05) is 23.1 Å². The van der Waals surface area contributed by atoms with Gasteiger partial charge in [0.05, 0.1) is 0 Å². The van der Waals surface area contributed by atoms with Crippen molar-refractivity contribution >= 4 is 51.4 Å². The van der Waals surface area contributed by atoms with Gasteiger partial charge in [0.2, 0.25) is 0 Å². The van der Waals surface area contributed by atoms with E-state index < -0.39 is 0 Å². The van der Waals surface area contributed by atoms with Crippen molar-refractivity contribution in [2.24, 2.45) is 0 Å². The zero-order valence-corrected chi connectivity index (χ0v) is 10.8. The number of benzene rings is 1. The number of nitrogen functional groups attached to an aromatic ring is 1. The van der Waals surface area contributed by atoms with Crippen molar-refractivity contribution in [1.29, 1.82) is 0 Å². The van der Waals surface area contributed by atoms with Crippen LogP contribution < -0.4 is 5.73 Å². The summed E-state index contributed by atoms with van der Waals surface area (Å²) in [5.41, 5.74) is 8.37. The van der Waals surface area contributed by atoms with Crippen LogP contribution in [0, 0.1) is 3.57 Å². The predicted octanol–water partition coefficient (Wildman–Crippen LogP) is 2.88. The molecule has 0 unspecified atom stereocenters. The summed E-state index contributed by atoms with van der Waals surface area (Å²) in [5.74, 6) is 0. The molecule has 72 valence electrons. The van der Waals surface area contributed by atoms with Crippen LogP contribution in [0.1, 0.15) is 0 Å². The minimum atomic E-state index is 0.789. The van der Waals surface area contributed by atoms with E-state index in [-0.39, 0.29) is 0 Å². The van der Waals surface area contributed by atoms with E-state index in [9.17, 15) is 0 Å². The second kappa shape index (κ2) is 4.45. The van der Waals surface area contributed by atoms with Crippen LogP contribution in [0.4, 0.5) is 5.69 Å². The summed E-state index contributed by atoms with van der Waals surface area (Å²) in [5, 5.41) is 7.72. The smallest absolute Gasteiger partial charge is 0.178 e. The first-order valence-corrected chi connectivity index (χ1v) is 6.52. The van der Waals surface area contributed by atoms with Crippen LogP contribution in [0.2, 0.25) is 0 Å². The first-order chi connectivity index (χ1) is 6.75. The van der Waals surface area contributed by atoms with E-state index in [0.717, 1.165) is 18.5 Å². The minimum Gasteiger partial charge on any atom is -0.398 e. The molecule has 0 bridgehead atoms. The Kier molecular flexibility index (Phi) is 3.24. The molecule has 0 spiro atoms. The summed E-state index contributed by atoms with van der Waals surface area (Å²) in [7, 11) is 0. The molecule has 2 rings (SSSR count). The van der Waals surface area contributed by atoms with Gasteiger partial charge in [0.25, 0.3) is 0 Å². The van der Waals surface area contributed by atoms with Gasteiger partial charge in [-0.15, -0.1) is 10.2 Å². The first kappa shape index (κ1) is 10.2. The second-order valence-electron chi connectivity index (χ2n) is 2.49. The van der Waals surface area contributed by atoms with Crippen LogP contribution in [-0.2, 0) is 0 Å². The minimum absolute atomic E-state index is 0.789. The topological polar surface area (TPSA) is 51.8 Å². The van der Waals surface area contributed by atoms with Crippen molar-refractivity contribution in [2.45, 2.75) is 9.24 Å². The molecule has 0 saturated carbocycles. The molecule has 0 atom stereocenters. The third-order valence-corrected chi connectivity index (χ3v) is 4.05. The second-order valence-corrected chi connectivity index (χ2v) is 5.86. The molecule has 0 radical (unpaired) electrons. The summed E-state index contributed by atoms with van der Waals surface area (Å²) < 4.78 is 2.06. The Labute approximate surface area is 103 Å². The summed E-state index contributed by atoms with van der Waals surface area (Å²) in [4.78, 5) is 1.03. The number of hydrogen-bond acceptors (Lipinski definition) is 5. The highest BCUT2D eigenvalue weighted by atomic mass is 127. The maximum absolute atomic E-state index is 5.87. The highest BCUT2D eigenvalue weighted by Crippen LogP contribution is 2.33. The van der Waals surface area contributed by atoms with Gasteiger partial charge in [-0.3, -0.25) is 0 Å². The number of halogens is 1. The monoisotopic (exact) mass is 335 g/mol. The first-order valence-electron chi connectivity index (χ1n) is 3.75. The van der Waals surface area contributed by atoms with Crippen molar-refractivity contribution in [3.63, 3.8) is 0 Å². The van der Waals surface area contributed by atoms with Gasteiger partial charge in [-0.25, -0.2) is 0 Å². The summed E-state index contributed by atoms with van der Waals surface area (Å²) >= 11 is 5.30. The normalized spacial score (nSPS) is 10.4. The zero-order valence-electron chi connectivity index (χ0n) is 6.98. The number of nitrogens with two attached hydrogens (primary N) is 1. The molecule has 1 heterocycles. The molecule has 0 fully saturated rings. The van der Waals surface area contributed by atoms with Crippen LogP contribution in [-0.4, -0.2) is 10.2 Å². The van der Waals surface area contributed by atoms with E-state index in [1.165, 1.54) is 11.3 Å². The van der Waals surface area contributed by atoms with Gasteiger partial charge in [-0.05, 0) is 40.8 Å². The third kappa shape index (κ3) is 2.37. The average molecular weight is 335 g/mol. The van der Waals surface area contributed by atoms with Gasteiger partial charge in [0, 0.05) is 14.2 Å². The number of hydrogen-bond donors (Lipinski definition) is 1. The van der Waals surface area contributed by atoms with E-state index in [0.29, 0.717) is 0 Å². The highest BCUT2D eigenvalue weighted by molar-refractivity contribution is 14.1. The molecule has 0 aliphatic carbocycles. The molecule has 14 heavy (non-hydrogen) atoms. The zero-order chi connectivity index (χ0) is 9.97. The van der Waals surface area contributed by atoms with Crippen LogP contribution in [0.15, 0.2) is 32.9 Å². The molecule has 1 aromatic carbocycles. The van der Waals surface area contributed by atoms with E-state index in [1.807, 2.05) is 18.2 Å². The molecule has 0 aliphatic rings. The standard InChI is InChI=1S/C8H6IN3S2/c9-5-1-2-7(6(10)3-5)14-8-12-11-4-13-8/h1-4H,10H2. The molecule has 6 heteroatoms. The Morgan fingerprint density at radius 3 is 2.93 bits per heavy atom. The van der Waals surface area contributed by atoms with Crippen LogP contribution in [0.3, 0.4) is 0 Å². The molecule has 0 amide bonds. The Bertz CT molecular complexity index is 430. The molecule has 2 N–H and O–H groups in total. The van der Waals surface area contributed by atoms with Crippen molar-refractivity contribution in [3.8, 4) is 0 Å². The lowest BCUT2D eigenvalue weighted by Crippen LogP contribution is -1.88. The molecule has 1 aromatic heterocycles. The van der Waals surface area contributed by atoms with Crippen LogP contribution in [0.25, 0.3) is 0 Å². The van der Waals surface area contributed by atoms with Crippen molar-refractivity contribution in [3.05, 3.63) is 27.3 Å². The van der Waals surface area contributed by atoms with Crippen LogP contribution >= 0.6 is 45.7 Å². The van der Waals surface area contributed by atoms with Crippen LogP contribution in [0.5, 0.6) is 0 Å². The van der Waals surface area contributed by atoms with Crippen molar-refractivity contribution in [2.75, 3.05) is 5.73 Å². The lowest BCUT2D eigenvalue weighted by atomic mass is 10.3. The van der Waals surface area contributed by atoms with E-state index >= 15 is 0 Å². The maximum atomic E-state index is 5.87. The summed E-state index contributed by atoms with van der Waals surface area (Å²) in [6, 6.07) is 5.98. The van der Waals surface area contributed by atoms with Crippen molar-refractivity contribution < 1.29 is 0 Å².